The van der Waals surface area contributed by atoms with Crippen LogP contribution in [-0.2, 0) is 0 Å². The molecule has 1 unspecified atom stereocenters. The zero-order chi connectivity index (χ0) is 13.5. The molecule has 4 heteroatoms. The molecule has 2 rings (SSSR count). The maximum absolute atomic E-state index is 4.38. The predicted molar refractivity (Wildman–Crippen MR) is 82.6 cm³/mol. The van der Waals surface area contributed by atoms with E-state index in [0.29, 0.717) is 6.04 Å². The van der Waals surface area contributed by atoms with Crippen LogP contribution in [0.1, 0.15) is 26.7 Å². The van der Waals surface area contributed by atoms with Crippen LogP contribution in [0.15, 0.2) is 35.6 Å². The number of benzene rings is 1. The van der Waals surface area contributed by atoms with Gasteiger partial charge in [0, 0.05) is 23.7 Å². The van der Waals surface area contributed by atoms with Gasteiger partial charge in [0.25, 0.3) is 0 Å². The smallest absolute Gasteiger partial charge is 0.117 e. The van der Waals surface area contributed by atoms with Crippen molar-refractivity contribution in [3.8, 4) is 0 Å². The van der Waals surface area contributed by atoms with Crippen LogP contribution in [0.4, 0.5) is 0 Å². The fourth-order valence-electron chi connectivity index (χ4n) is 2.08. The lowest BCUT2D eigenvalue weighted by Gasteiger charge is -2.12. The number of aromatic nitrogens is 2. The third-order valence-corrected chi connectivity index (χ3v) is 4.07. The molecule has 0 saturated carbocycles. The average molecular weight is 275 g/mol. The molecule has 19 heavy (non-hydrogen) atoms. The Morgan fingerprint density at radius 1 is 1.26 bits per heavy atom. The molecule has 1 aromatic carbocycles. The lowest BCUT2D eigenvalue weighted by Crippen LogP contribution is -2.27. The molecule has 2 aromatic rings. The van der Waals surface area contributed by atoms with Gasteiger partial charge in [0.1, 0.15) is 11.4 Å². The standard InChI is InChI=1S/C15H21N3S/c1-3-6-12(2)16-9-10-19-15-13-7-4-5-8-14(13)17-11-18-15/h4-5,7-8,11-12,16H,3,6,9-10H2,1-2H3. The zero-order valence-electron chi connectivity index (χ0n) is 11.6. The van der Waals surface area contributed by atoms with Crippen LogP contribution in [0.5, 0.6) is 0 Å². The molecule has 0 radical (unpaired) electrons. The molecule has 0 bridgehead atoms. The summed E-state index contributed by atoms with van der Waals surface area (Å²) < 4.78 is 0. The Hall–Kier alpha value is -1.13. The van der Waals surface area contributed by atoms with Gasteiger partial charge in [-0.25, -0.2) is 9.97 Å². The second-order valence-electron chi connectivity index (χ2n) is 4.69. The maximum atomic E-state index is 4.38. The molecule has 0 fully saturated rings. The van der Waals surface area contributed by atoms with E-state index in [1.807, 2.05) is 18.2 Å². The summed E-state index contributed by atoms with van der Waals surface area (Å²) in [4.78, 5) is 8.67. The number of nitrogens with zero attached hydrogens (tertiary/aromatic N) is 2. The SMILES string of the molecule is CCCC(C)NCCSc1ncnc2ccccc12. The van der Waals surface area contributed by atoms with Crippen LogP contribution in [0, 0.1) is 0 Å². The van der Waals surface area contributed by atoms with Gasteiger partial charge < -0.3 is 5.32 Å². The molecule has 3 nitrogen and oxygen atoms in total. The summed E-state index contributed by atoms with van der Waals surface area (Å²) in [5.74, 6) is 1.04. The number of hydrogen-bond donors (Lipinski definition) is 1. The molecular formula is C15H21N3S. The normalized spacial score (nSPS) is 12.7. The Morgan fingerprint density at radius 3 is 2.95 bits per heavy atom. The number of rotatable bonds is 7. The summed E-state index contributed by atoms with van der Waals surface area (Å²) >= 11 is 1.80. The highest BCUT2D eigenvalue weighted by Crippen LogP contribution is 2.23. The quantitative estimate of drug-likeness (QED) is 0.477. The highest BCUT2D eigenvalue weighted by atomic mass is 32.2. The van der Waals surface area contributed by atoms with Gasteiger partial charge in [0.2, 0.25) is 0 Å². The summed E-state index contributed by atoms with van der Waals surface area (Å²) in [6.07, 6.45) is 4.12. The average Bonchev–Trinajstić information content (AvgIpc) is 2.44. The van der Waals surface area contributed by atoms with E-state index in [2.05, 4.69) is 35.2 Å². The summed E-state index contributed by atoms with van der Waals surface area (Å²) in [6, 6.07) is 8.77. The minimum absolute atomic E-state index is 0.604. The number of nitrogens with one attached hydrogen (secondary N) is 1. The first kappa shape index (κ1) is 14.3. The highest BCUT2D eigenvalue weighted by molar-refractivity contribution is 7.99. The molecule has 0 amide bonds. The van der Waals surface area contributed by atoms with E-state index in [0.717, 1.165) is 28.2 Å². The number of thioether (sulfide) groups is 1. The number of hydrogen-bond acceptors (Lipinski definition) is 4. The van der Waals surface area contributed by atoms with Crippen LogP contribution in [0.2, 0.25) is 0 Å². The molecule has 0 aliphatic rings. The Labute approximate surface area is 119 Å². The van der Waals surface area contributed by atoms with Crippen LogP contribution in [0.25, 0.3) is 10.9 Å². The van der Waals surface area contributed by atoms with Gasteiger partial charge >= 0.3 is 0 Å². The van der Waals surface area contributed by atoms with E-state index < -0.39 is 0 Å². The van der Waals surface area contributed by atoms with Crippen molar-refractivity contribution in [3.63, 3.8) is 0 Å². The van der Waals surface area contributed by atoms with Crippen LogP contribution >= 0.6 is 11.8 Å². The van der Waals surface area contributed by atoms with Crippen molar-refractivity contribution in [2.75, 3.05) is 12.3 Å². The van der Waals surface area contributed by atoms with Gasteiger partial charge in [-0.15, -0.1) is 11.8 Å². The highest BCUT2D eigenvalue weighted by Gasteiger charge is 2.04. The summed E-state index contributed by atoms with van der Waals surface area (Å²) in [6.45, 7) is 5.48. The summed E-state index contributed by atoms with van der Waals surface area (Å²) in [7, 11) is 0. The minimum Gasteiger partial charge on any atom is -0.313 e. The van der Waals surface area contributed by atoms with Gasteiger partial charge in [-0.2, -0.15) is 0 Å². The molecule has 0 spiro atoms. The van der Waals surface area contributed by atoms with Gasteiger partial charge in [-0.3, -0.25) is 0 Å². The molecule has 0 saturated heterocycles. The topological polar surface area (TPSA) is 37.8 Å². The first-order chi connectivity index (χ1) is 9.31. The second kappa shape index (κ2) is 7.46. The van der Waals surface area contributed by atoms with Crippen molar-refractivity contribution in [3.05, 3.63) is 30.6 Å². The Morgan fingerprint density at radius 2 is 2.11 bits per heavy atom. The number of para-hydroxylation sites is 1. The molecule has 1 atom stereocenters. The molecule has 1 N–H and O–H groups in total. The van der Waals surface area contributed by atoms with Crippen molar-refractivity contribution in [2.24, 2.45) is 0 Å². The van der Waals surface area contributed by atoms with E-state index in [4.69, 9.17) is 0 Å². The van der Waals surface area contributed by atoms with Crippen LogP contribution < -0.4 is 5.32 Å². The minimum atomic E-state index is 0.604. The fraction of sp³-hybridized carbons (Fsp3) is 0.467. The Balaban J connectivity index is 1.88. The molecule has 102 valence electrons. The van der Waals surface area contributed by atoms with Gasteiger partial charge in [0.15, 0.2) is 0 Å². The van der Waals surface area contributed by atoms with Crippen molar-refractivity contribution in [1.82, 2.24) is 15.3 Å². The largest absolute Gasteiger partial charge is 0.313 e. The summed E-state index contributed by atoms with van der Waals surface area (Å²) in [5.41, 5.74) is 1.02. The van der Waals surface area contributed by atoms with Crippen LogP contribution in [-0.4, -0.2) is 28.3 Å². The monoisotopic (exact) mass is 275 g/mol. The van der Waals surface area contributed by atoms with E-state index >= 15 is 0 Å². The summed E-state index contributed by atoms with van der Waals surface area (Å²) in [5, 5.41) is 5.77. The molecule has 1 heterocycles. The molecule has 1 aromatic heterocycles. The van der Waals surface area contributed by atoms with Crippen molar-refractivity contribution >= 4 is 22.7 Å². The molecule has 0 aliphatic carbocycles. The van der Waals surface area contributed by atoms with E-state index in [1.165, 1.54) is 12.8 Å². The maximum Gasteiger partial charge on any atom is 0.117 e. The van der Waals surface area contributed by atoms with Gasteiger partial charge in [0.05, 0.1) is 5.52 Å². The first-order valence-corrected chi connectivity index (χ1v) is 7.85. The van der Waals surface area contributed by atoms with Gasteiger partial charge in [-0.1, -0.05) is 31.5 Å². The van der Waals surface area contributed by atoms with Gasteiger partial charge in [-0.05, 0) is 19.4 Å². The van der Waals surface area contributed by atoms with Crippen LogP contribution in [0.3, 0.4) is 0 Å². The lowest BCUT2D eigenvalue weighted by molar-refractivity contribution is 0.526. The zero-order valence-corrected chi connectivity index (χ0v) is 12.4. The van der Waals surface area contributed by atoms with E-state index in [-0.39, 0.29) is 0 Å². The Kier molecular flexibility index (Phi) is 5.61. The molecule has 0 aliphatic heterocycles. The first-order valence-electron chi connectivity index (χ1n) is 6.87. The fourth-order valence-corrected chi connectivity index (χ4v) is 2.95. The van der Waals surface area contributed by atoms with E-state index in [1.54, 1.807) is 18.1 Å². The second-order valence-corrected chi connectivity index (χ2v) is 5.77. The predicted octanol–water partition coefficient (Wildman–Crippen LogP) is 3.50. The molecular weight excluding hydrogens is 254 g/mol. The van der Waals surface area contributed by atoms with Crippen molar-refractivity contribution < 1.29 is 0 Å². The Bertz CT molecular complexity index is 510. The number of fused-ring (bicyclic) bond motifs is 1. The third kappa shape index (κ3) is 4.18. The van der Waals surface area contributed by atoms with E-state index in [9.17, 15) is 0 Å². The lowest BCUT2D eigenvalue weighted by atomic mass is 10.2. The van der Waals surface area contributed by atoms with Crippen molar-refractivity contribution in [1.29, 1.82) is 0 Å². The third-order valence-electron chi connectivity index (χ3n) is 3.06. The van der Waals surface area contributed by atoms with Crippen molar-refractivity contribution in [2.45, 2.75) is 37.8 Å².